The number of rotatable bonds is 6. The lowest BCUT2D eigenvalue weighted by Crippen LogP contribution is -2.28. The summed E-state index contributed by atoms with van der Waals surface area (Å²) in [6.45, 7) is -0.288. The maximum Gasteiger partial charge on any atom is 0.340 e. The van der Waals surface area contributed by atoms with Gasteiger partial charge in [-0.15, -0.1) is 0 Å². The Morgan fingerprint density at radius 2 is 1.73 bits per heavy atom. The molecule has 3 N–H and O–H groups in total. The van der Waals surface area contributed by atoms with Crippen LogP contribution in [0, 0.1) is 0 Å². The number of benzene rings is 2. The summed E-state index contributed by atoms with van der Waals surface area (Å²) in [5.74, 6) is -1.51. The predicted molar refractivity (Wildman–Crippen MR) is 96.4 cm³/mol. The minimum atomic E-state index is -4.15. The molecule has 2 aromatic rings. The van der Waals surface area contributed by atoms with Crippen molar-refractivity contribution >= 4 is 45.1 Å². The average Bonchev–Trinajstić information content (AvgIpc) is 2.57. The molecule has 2 rings (SSSR count). The van der Waals surface area contributed by atoms with Crippen molar-refractivity contribution in [1.82, 2.24) is 5.32 Å². The molecule has 10 heteroatoms. The first-order valence-electron chi connectivity index (χ1n) is 7.18. The van der Waals surface area contributed by atoms with Crippen LogP contribution in [0.3, 0.4) is 0 Å². The molecule has 0 radical (unpaired) electrons. The number of nitrogens with one attached hydrogen (secondary N) is 1. The highest BCUT2D eigenvalue weighted by Gasteiger charge is 2.21. The Kier molecular flexibility index (Phi) is 6.60. The van der Waals surface area contributed by atoms with E-state index in [1.807, 2.05) is 30.3 Å². The van der Waals surface area contributed by atoms with Crippen molar-refractivity contribution in [3.05, 3.63) is 63.6 Å². The molecule has 0 saturated heterocycles. The zero-order valence-electron chi connectivity index (χ0n) is 13.2. The summed E-state index contributed by atoms with van der Waals surface area (Å²) in [6, 6.07) is 11.1. The molecular weight excluding hydrogens is 403 g/mol. The Hall–Kier alpha value is -2.13. The van der Waals surface area contributed by atoms with Crippen molar-refractivity contribution in [3.63, 3.8) is 0 Å². The highest BCUT2D eigenvalue weighted by Crippen LogP contribution is 2.28. The Morgan fingerprint density at radius 1 is 1.08 bits per heavy atom. The topological polar surface area (TPSA) is 116 Å². The van der Waals surface area contributed by atoms with Gasteiger partial charge >= 0.3 is 5.97 Å². The number of halogens is 2. The minimum Gasteiger partial charge on any atom is -0.452 e. The third kappa shape index (κ3) is 5.43. The molecule has 0 aliphatic carbocycles. The third-order valence-electron chi connectivity index (χ3n) is 3.21. The maximum absolute atomic E-state index is 12.1. The second kappa shape index (κ2) is 8.50. The van der Waals surface area contributed by atoms with Gasteiger partial charge in [-0.25, -0.2) is 18.4 Å². The molecule has 1 amide bonds. The smallest absolute Gasteiger partial charge is 0.340 e. The van der Waals surface area contributed by atoms with Gasteiger partial charge in [0, 0.05) is 6.54 Å². The third-order valence-corrected chi connectivity index (χ3v) is 4.90. The van der Waals surface area contributed by atoms with Gasteiger partial charge in [-0.05, 0) is 17.7 Å². The second-order valence-corrected chi connectivity index (χ2v) is 7.49. The first-order chi connectivity index (χ1) is 12.2. The van der Waals surface area contributed by atoms with Gasteiger partial charge in [-0.1, -0.05) is 53.5 Å². The van der Waals surface area contributed by atoms with Crippen LogP contribution in [0.2, 0.25) is 10.0 Å². The summed E-state index contributed by atoms with van der Waals surface area (Å²) >= 11 is 11.6. The fourth-order valence-electron chi connectivity index (χ4n) is 1.96. The Morgan fingerprint density at radius 3 is 2.35 bits per heavy atom. The molecule has 0 atom stereocenters. The molecule has 0 saturated carbocycles. The Bertz CT molecular complexity index is 933. The maximum atomic E-state index is 12.1. The molecule has 0 aliphatic heterocycles. The lowest BCUT2D eigenvalue weighted by atomic mass is 10.2. The highest BCUT2D eigenvalue weighted by atomic mass is 35.5. The summed E-state index contributed by atoms with van der Waals surface area (Å²) in [7, 11) is -4.15. The molecule has 0 aliphatic rings. The SMILES string of the molecule is NS(=O)(=O)c1cc(C(=O)OCC(=O)NCc2ccccc2)c(Cl)cc1Cl. The van der Waals surface area contributed by atoms with Crippen molar-refractivity contribution in [2.24, 2.45) is 5.14 Å². The average molecular weight is 417 g/mol. The van der Waals surface area contributed by atoms with E-state index < -0.39 is 33.4 Å². The summed E-state index contributed by atoms with van der Waals surface area (Å²) in [5.41, 5.74) is 0.613. The first kappa shape index (κ1) is 20.2. The van der Waals surface area contributed by atoms with E-state index >= 15 is 0 Å². The number of primary sulfonamides is 1. The van der Waals surface area contributed by atoms with Crippen LogP contribution in [0.15, 0.2) is 47.4 Å². The molecule has 0 aromatic heterocycles. The summed E-state index contributed by atoms with van der Waals surface area (Å²) in [4.78, 5) is 23.4. The van der Waals surface area contributed by atoms with Crippen LogP contribution < -0.4 is 10.5 Å². The number of sulfonamides is 1. The van der Waals surface area contributed by atoms with E-state index in [1.165, 1.54) is 0 Å². The van der Waals surface area contributed by atoms with Crippen LogP contribution in [0.4, 0.5) is 0 Å². The number of ether oxygens (including phenoxy) is 1. The molecule has 0 fully saturated rings. The normalized spacial score (nSPS) is 11.0. The minimum absolute atomic E-state index is 0.128. The van der Waals surface area contributed by atoms with Gasteiger partial charge in [0.2, 0.25) is 10.0 Å². The second-order valence-electron chi connectivity index (χ2n) is 5.15. The molecule has 2 aromatic carbocycles. The zero-order valence-corrected chi connectivity index (χ0v) is 15.6. The molecule has 7 nitrogen and oxygen atoms in total. The van der Waals surface area contributed by atoms with Crippen LogP contribution >= 0.6 is 23.2 Å². The molecular formula is C16H14Cl2N2O5S. The van der Waals surface area contributed by atoms with Gasteiger partial charge in [0.05, 0.1) is 15.6 Å². The number of carbonyl (C=O) groups excluding carboxylic acids is 2. The van der Waals surface area contributed by atoms with Crippen molar-refractivity contribution in [2.75, 3.05) is 6.61 Å². The van der Waals surface area contributed by atoms with Crippen molar-refractivity contribution in [3.8, 4) is 0 Å². The van der Waals surface area contributed by atoms with E-state index in [0.717, 1.165) is 17.7 Å². The standard InChI is InChI=1S/C16H14Cl2N2O5S/c17-12-7-13(18)14(26(19,23)24)6-11(12)16(22)25-9-15(21)20-8-10-4-2-1-3-5-10/h1-7H,8-9H2,(H,20,21)(H2,19,23,24). The Balaban J connectivity index is 2.00. The van der Waals surface area contributed by atoms with E-state index in [0.29, 0.717) is 0 Å². The van der Waals surface area contributed by atoms with Gasteiger partial charge in [0.15, 0.2) is 6.61 Å². The van der Waals surface area contributed by atoms with E-state index in [1.54, 1.807) is 0 Å². The van der Waals surface area contributed by atoms with E-state index in [4.69, 9.17) is 33.1 Å². The van der Waals surface area contributed by atoms with E-state index in [9.17, 15) is 18.0 Å². The van der Waals surface area contributed by atoms with Crippen molar-refractivity contribution in [1.29, 1.82) is 0 Å². The van der Waals surface area contributed by atoms with E-state index in [2.05, 4.69) is 5.32 Å². The fraction of sp³-hybridized carbons (Fsp3) is 0.125. The predicted octanol–water partition coefficient (Wildman–Crippen LogP) is 2.11. The largest absolute Gasteiger partial charge is 0.452 e. The number of nitrogens with two attached hydrogens (primary N) is 1. The number of carbonyl (C=O) groups is 2. The van der Waals surface area contributed by atoms with Crippen LogP contribution in [0.25, 0.3) is 0 Å². The molecule has 138 valence electrons. The Labute approximate surface area is 160 Å². The zero-order chi connectivity index (χ0) is 19.3. The number of esters is 1. The van der Waals surface area contributed by atoms with Gasteiger partial charge < -0.3 is 10.1 Å². The summed E-state index contributed by atoms with van der Waals surface area (Å²) < 4.78 is 27.8. The number of amides is 1. The quantitative estimate of drug-likeness (QED) is 0.699. The molecule has 0 bridgehead atoms. The van der Waals surface area contributed by atoms with Crippen LogP contribution in [0.1, 0.15) is 15.9 Å². The number of hydrogen-bond donors (Lipinski definition) is 2. The lowest BCUT2D eigenvalue weighted by Gasteiger charge is -2.09. The lowest BCUT2D eigenvalue weighted by molar-refractivity contribution is -0.124. The highest BCUT2D eigenvalue weighted by molar-refractivity contribution is 7.89. The molecule has 0 spiro atoms. The monoisotopic (exact) mass is 416 g/mol. The van der Waals surface area contributed by atoms with Crippen LogP contribution in [-0.4, -0.2) is 26.9 Å². The molecule has 0 unspecified atom stereocenters. The van der Waals surface area contributed by atoms with E-state index in [-0.39, 0.29) is 22.2 Å². The van der Waals surface area contributed by atoms with Crippen LogP contribution in [-0.2, 0) is 26.1 Å². The fourth-order valence-corrected chi connectivity index (χ4v) is 3.36. The van der Waals surface area contributed by atoms with Gasteiger partial charge in [0.25, 0.3) is 5.91 Å². The van der Waals surface area contributed by atoms with Gasteiger partial charge in [0.1, 0.15) is 4.90 Å². The summed E-state index contributed by atoms with van der Waals surface area (Å²) in [5, 5.41) is 7.25. The molecule has 0 heterocycles. The van der Waals surface area contributed by atoms with Gasteiger partial charge in [-0.2, -0.15) is 0 Å². The van der Waals surface area contributed by atoms with Crippen LogP contribution in [0.5, 0.6) is 0 Å². The number of hydrogen-bond acceptors (Lipinski definition) is 5. The summed E-state index contributed by atoms with van der Waals surface area (Å²) in [6.07, 6.45) is 0. The molecule has 26 heavy (non-hydrogen) atoms. The van der Waals surface area contributed by atoms with Gasteiger partial charge in [-0.3, -0.25) is 4.79 Å². The first-order valence-corrected chi connectivity index (χ1v) is 9.48. The van der Waals surface area contributed by atoms with Crippen molar-refractivity contribution < 1.29 is 22.7 Å². The van der Waals surface area contributed by atoms with Crippen molar-refractivity contribution in [2.45, 2.75) is 11.4 Å².